The molecule has 124 valence electrons. The number of piperidine rings is 1. The quantitative estimate of drug-likeness (QED) is 0.925. The zero-order valence-corrected chi connectivity index (χ0v) is 13.7. The van der Waals surface area contributed by atoms with Gasteiger partial charge in [0.15, 0.2) is 0 Å². The van der Waals surface area contributed by atoms with Crippen molar-refractivity contribution in [1.29, 1.82) is 0 Å². The van der Waals surface area contributed by atoms with E-state index in [0.29, 0.717) is 42.2 Å². The first-order chi connectivity index (χ1) is 11.6. The van der Waals surface area contributed by atoms with Gasteiger partial charge in [0.2, 0.25) is 0 Å². The molecule has 1 aliphatic rings. The van der Waals surface area contributed by atoms with Crippen LogP contribution in [0.3, 0.4) is 0 Å². The lowest BCUT2D eigenvalue weighted by Crippen LogP contribution is -2.46. The number of rotatable bonds is 3. The largest absolute Gasteiger partial charge is 0.348 e. The van der Waals surface area contributed by atoms with Gasteiger partial charge in [0.05, 0.1) is 6.20 Å². The SMILES string of the molecule is O=C(NC1CCN(C(=O)c2ccc(Cl)cc2)CC1)c1cnccn1. The first-order valence-electron chi connectivity index (χ1n) is 7.75. The number of aromatic nitrogens is 2. The number of carbonyl (C=O) groups is 2. The van der Waals surface area contributed by atoms with Crippen molar-refractivity contribution in [2.45, 2.75) is 18.9 Å². The van der Waals surface area contributed by atoms with E-state index < -0.39 is 0 Å². The summed E-state index contributed by atoms with van der Waals surface area (Å²) in [7, 11) is 0. The van der Waals surface area contributed by atoms with E-state index in [-0.39, 0.29) is 17.9 Å². The molecule has 1 aromatic heterocycles. The highest BCUT2D eigenvalue weighted by atomic mass is 35.5. The minimum atomic E-state index is -0.231. The van der Waals surface area contributed by atoms with Crippen LogP contribution in [-0.4, -0.2) is 45.8 Å². The van der Waals surface area contributed by atoms with Gasteiger partial charge in [-0.2, -0.15) is 0 Å². The predicted octanol–water partition coefficient (Wildman–Crippen LogP) is 2.16. The molecule has 1 aliphatic heterocycles. The highest BCUT2D eigenvalue weighted by Gasteiger charge is 2.25. The van der Waals surface area contributed by atoms with Gasteiger partial charge in [0.1, 0.15) is 5.69 Å². The van der Waals surface area contributed by atoms with E-state index >= 15 is 0 Å². The Hall–Kier alpha value is -2.47. The molecule has 2 amide bonds. The highest BCUT2D eigenvalue weighted by Crippen LogP contribution is 2.16. The van der Waals surface area contributed by atoms with Gasteiger partial charge in [-0.3, -0.25) is 14.6 Å². The highest BCUT2D eigenvalue weighted by molar-refractivity contribution is 6.30. The molecule has 1 N–H and O–H groups in total. The van der Waals surface area contributed by atoms with Crippen molar-refractivity contribution in [2.75, 3.05) is 13.1 Å². The first-order valence-corrected chi connectivity index (χ1v) is 8.13. The molecule has 7 heteroatoms. The average molecular weight is 345 g/mol. The van der Waals surface area contributed by atoms with Crippen LogP contribution >= 0.6 is 11.6 Å². The van der Waals surface area contributed by atoms with E-state index in [1.54, 1.807) is 29.2 Å². The molecule has 1 fully saturated rings. The normalized spacial score (nSPS) is 15.1. The van der Waals surface area contributed by atoms with Crippen LogP contribution in [0, 0.1) is 0 Å². The van der Waals surface area contributed by atoms with Gasteiger partial charge in [0.25, 0.3) is 11.8 Å². The summed E-state index contributed by atoms with van der Waals surface area (Å²) in [5.41, 5.74) is 0.929. The molecule has 24 heavy (non-hydrogen) atoms. The third-order valence-electron chi connectivity index (χ3n) is 4.00. The van der Waals surface area contributed by atoms with Crippen LogP contribution in [0.2, 0.25) is 5.02 Å². The molecule has 1 saturated heterocycles. The second kappa shape index (κ2) is 7.40. The smallest absolute Gasteiger partial charge is 0.271 e. The molecule has 6 nitrogen and oxygen atoms in total. The van der Waals surface area contributed by atoms with Crippen molar-refractivity contribution < 1.29 is 9.59 Å². The molecule has 0 bridgehead atoms. The molecular formula is C17H17ClN4O2. The van der Waals surface area contributed by atoms with Crippen LogP contribution < -0.4 is 5.32 Å². The molecule has 0 unspecified atom stereocenters. The maximum absolute atomic E-state index is 12.4. The topological polar surface area (TPSA) is 75.2 Å². The summed E-state index contributed by atoms with van der Waals surface area (Å²) in [5.74, 6) is -0.240. The van der Waals surface area contributed by atoms with Crippen LogP contribution in [0.15, 0.2) is 42.9 Å². The Labute approximate surface area is 144 Å². The number of halogens is 1. The van der Waals surface area contributed by atoms with Gasteiger partial charge < -0.3 is 10.2 Å². The van der Waals surface area contributed by atoms with Crippen molar-refractivity contribution in [2.24, 2.45) is 0 Å². The van der Waals surface area contributed by atoms with E-state index in [4.69, 9.17) is 11.6 Å². The van der Waals surface area contributed by atoms with Crippen LogP contribution in [-0.2, 0) is 0 Å². The summed E-state index contributed by atoms with van der Waals surface area (Å²) in [6.45, 7) is 1.21. The van der Waals surface area contributed by atoms with Crippen LogP contribution in [0.1, 0.15) is 33.7 Å². The summed E-state index contributed by atoms with van der Waals surface area (Å²) in [6.07, 6.45) is 5.88. The van der Waals surface area contributed by atoms with E-state index in [1.807, 2.05) is 0 Å². The molecule has 0 saturated carbocycles. The lowest BCUT2D eigenvalue weighted by molar-refractivity contribution is 0.0697. The zero-order valence-electron chi connectivity index (χ0n) is 13.0. The van der Waals surface area contributed by atoms with Gasteiger partial charge in [-0.1, -0.05) is 11.6 Å². The Morgan fingerprint density at radius 2 is 1.83 bits per heavy atom. The Morgan fingerprint density at radius 1 is 1.12 bits per heavy atom. The third-order valence-corrected chi connectivity index (χ3v) is 4.26. The van der Waals surface area contributed by atoms with E-state index in [9.17, 15) is 9.59 Å². The van der Waals surface area contributed by atoms with Crippen LogP contribution in [0.5, 0.6) is 0 Å². The van der Waals surface area contributed by atoms with Gasteiger partial charge in [-0.15, -0.1) is 0 Å². The number of amides is 2. The first kappa shape index (κ1) is 16.4. The lowest BCUT2D eigenvalue weighted by Gasteiger charge is -2.32. The summed E-state index contributed by atoms with van der Waals surface area (Å²) < 4.78 is 0. The monoisotopic (exact) mass is 344 g/mol. The van der Waals surface area contributed by atoms with Gasteiger partial charge >= 0.3 is 0 Å². The average Bonchev–Trinajstić information content (AvgIpc) is 2.63. The van der Waals surface area contributed by atoms with Gasteiger partial charge in [-0.25, -0.2) is 4.98 Å². The fourth-order valence-electron chi connectivity index (χ4n) is 2.68. The van der Waals surface area contributed by atoms with Crippen molar-refractivity contribution in [1.82, 2.24) is 20.2 Å². The fraction of sp³-hybridized carbons (Fsp3) is 0.294. The van der Waals surface area contributed by atoms with Crippen molar-refractivity contribution in [3.8, 4) is 0 Å². The molecule has 2 aromatic rings. The molecule has 3 rings (SSSR count). The van der Waals surface area contributed by atoms with E-state index in [0.717, 1.165) is 0 Å². The predicted molar refractivity (Wildman–Crippen MR) is 89.9 cm³/mol. The van der Waals surface area contributed by atoms with E-state index in [2.05, 4.69) is 15.3 Å². The number of likely N-dealkylation sites (tertiary alicyclic amines) is 1. The number of hydrogen-bond acceptors (Lipinski definition) is 4. The minimum Gasteiger partial charge on any atom is -0.348 e. The number of nitrogens with one attached hydrogen (secondary N) is 1. The Morgan fingerprint density at radius 3 is 2.46 bits per heavy atom. The van der Waals surface area contributed by atoms with Crippen molar-refractivity contribution in [3.63, 3.8) is 0 Å². The Kier molecular flexibility index (Phi) is 5.05. The van der Waals surface area contributed by atoms with Gasteiger partial charge in [0, 0.05) is 42.1 Å². The molecule has 1 aromatic carbocycles. The number of carbonyl (C=O) groups excluding carboxylic acids is 2. The third kappa shape index (κ3) is 3.89. The molecule has 2 heterocycles. The van der Waals surface area contributed by atoms with Crippen molar-refractivity contribution >= 4 is 23.4 Å². The Bertz CT molecular complexity index is 713. The van der Waals surface area contributed by atoms with Crippen LogP contribution in [0.25, 0.3) is 0 Å². The summed E-state index contributed by atoms with van der Waals surface area (Å²) in [6, 6.07) is 6.92. The zero-order chi connectivity index (χ0) is 16.9. The standard InChI is InChI=1S/C17H17ClN4O2/c18-13-3-1-12(2-4-13)17(24)22-9-5-14(6-10-22)21-16(23)15-11-19-7-8-20-15/h1-4,7-8,11,14H,5-6,9-10H2,(H,21,23). The Balaban J connectivity index is 1.53. The molecule has 0 spiro atoms. The van der Waals surface area contributed by atoms with Gasteiger partial charge in [-0.05, 0) is 37.1 Å². The second-order valence-corrected chi connectivity index (χ2v) is 6.07. The molecule has 0 radical (unpaired) electrons. The fourth-order valence-corrected chi connectivity index (χ4v) is 2.80. The minimum absolute atomic E-state index is 0.00892. The molecular weight excluding hydrogens is 328 g/mol. The van der Waals surface area contributed by atoms with Crippen molar-refractivity contribution in [3.05, 3.63) is 59.1 Å². The van der Waals surface area contributed by atoms with Crippen LogP contribution in [0.4, 0.5) is 0 Å². The van der Waals surface area contributed by atoms with E-state index in [1.165, 1.54) is 18.6 Å². The summed E-state index contributed by atoms with van der Waals surface area (Å²) in [4.78, 5) is 34.2. The maximum Gasteiger partial charge on any atom is 0.271 e. The lowest BCUT2D eigenvalue weighted by atomic mass is 10.0. The number of benzene rings is 1. The maximum atomic E-state index is 12.4. The summed E-state index contributed by atoms with van der Waals surface area (Å²) in [5, 5.41) is 3.55. The molecule has 0 atom stereocenters. The number of hydrogen-bond donors (Lipinski definition) is 1. The molecule has 0 aliphatic carbocycles. The summed E-state index contributed by atoms with van der Waals surface area (Å²) >= 11 is 5.85. The second-order valence-electron chi connectivity index (χ2n) is 5.64. The number of nitrogens with zero attached hydrogens (tertiary/aromatic N) is 3.